The Morgan fingerprint density at radius 3 is 2.65 bits per heavy atom. The number of ether oxygens (including phenoxy) is 1. The van der Waals surface area contributed by atoms with Crippen molar-refractivity contribution in [3.63, 3.8) is 0 Å². The first-order valence-electron chi connectivity index (χ1n) is 6.84. The molecule has 0 amide bonds. The van der Waals surface area contributed by atoms with Crippen LogP contribution in [0.4, 0.5) is 0 Å². The van der Waals surface area contributed by atoms with Crippen LogP contribution in [-0.2, 0) is 4.74 Å². The third-order valence-corrected chi connectivity index (χ3v) is 4.08. The normalized spacial score (nSPS) is 23.9. The summed E-state index contributed by atoms with van der Waals surface area (Å²) in [7, 11) is 1.83. The predicted molar refractivity (Wildman–Crippen MR) is 71.2 cm³/mol. The summed E-state index contributed by atoms with van der Waals surface area (Å²) in [5.41, 5.74) is 0.367. The Morgan fingerprint density at radius 1 is 1.41 bits per heavy atom. The van der Waals surface area contributed by atoms with E-state index in [-0.39, 0.29) is 0 Å². The average Bonchev–Trinajstić information content (AvgIpc) is 3.14. The molecule has 0 atom stereocenters. The van der Waals surface area contributed by atoms with Crippen LogP contribution in [0, 0.1) is 5.41 Å². The lowest BCUT2D eigenvalue weighted by molar-refractivity contribution is 0.0231. The first kappa shape index (κ1) is 13.1. The minimum Gasteiger partial charge on any atom is -0.384 e. The van der Waals surface area contributed by atoms with Gasteiger partial charge in [-0.3, -0.25) is 4.90 Å². The smallest absolute Gasteiger partial charge is 0.0531 e. The van der Waals surface area contributed by atoms with Gasteiger partial charge in [-0.25, -0.2) is 0 Å². The van der Waals surface area contributed by atoms with Crippen LogP contribution in [0.3, 0.4) is 0 Å². The van der Waals surface area contributed by atoms with E-state index in [0.717, 1.165) is 32.3 Å². The molecular formula is C14H26N2O. The number of rotatable bonds is 7. The fourth-order valence-corrected chi connectivity index (χ4v) is 2.99. The molecule has 1 heterocycles. The molecule has 1 saturated carbocycles. The van der Waals surface area contributed by atoms with Gasteiger partial charge in [0, 0.05) is 31.7 Å². The maximum Gasteiger partial charge on any atom is 0.0531 e. The van der Waals surface area contributed by atoms with E-state index in [1.54, 1.807) is 0 Å². The van der Waals surface area contributed by atoms with Crippen LogP contribution in [0.5, 0.6) is 0 Å². The van der Waals surface area contributed by atoms with Gasteiger partial charge in [-0.1, -0.05) is 6.08 Å². The van der Waals surface area contributed by atoms with E-state index in [1.165, 1.54) is 32.2 Å². The molecule has 0 aromatic rings. The molecule has 0 radical (unpaired) electrons. The molecular weight excluding hydrogens is 212 g/mol. The summed E-state index contributed by atoms with van der Waals surface area (Å²) < 4.78 is 5.48. The van der Waals surface area contributed by atoms with E-state index in [2.05, 4.69) is 16.8 Å². The molecule has 2 rings (SSSR count). The van der Waals surface area contributed by atoms with Crippen LogP contribution in [-0.4, -0.2) is 50.8 Å². The monoisotopic (exact) mass is 238 g/mol. The molecule has 1 N–H and O–H groups in total. The van der Waals surface area contributed by atoms with E-state index < -0.39 is 0 Å². The summed E-state index contributed by atoms with van der Waals surface area (Å²) in [6.45, 7) is 9.27. The van der Waals surface area contributed by atoms with Crippen LogP contribution in [0.15, 0.2) is 12.7 Å². The summed E-state index contributed by atoms with van der Waals surface area (Å²) in [5.74, 6) is 0. The van der Waals surface area contributed by atoms with Gasteiger partial charge in [0.05, 0.1) is 6.61 Å². The molecule has 98 valence electrons. The highest BCUT2D eigenvalue weighted by Crippen LogP contribution is 2.35. The predicted octanol–water partition coefficient (Wildman–Crippen LogP) is 1.65. The van der Waals surface area contributed by atoms with E-state index in [9.17, 15) is 0 Å². The molecule has 3 nitrogen and oxygen atoms in total. The van der Waals surface area contributed by atoms with Crippen LogP contribution in [0.25, 0.3) is 0 Å². The van der Waals surface area contributed by atoms with E-state index >= 15 is 0 Å². The average molecular weight is 238 g/mol. The molecule has 17 heavy (non-hydrogen) atoms. The zero-order chi connectivity index (χ0) is 12.1. The minimum atomic E-state index is 0.367. The number of hydrogen-bond donors (Lipinski definition) is 1. The largest absolute Gasteiger partial charge is 0.384 e. The number of nitrogens with one attached hydrogen (secondary N) is 1. The zero-order valence-corrected chi connectivity index (χ0v) is 11.1. The third-order valence-electron chi connectivity index (χ3n) is 4.08. The van der Waals surface area contributed by atoms with Crippen LogP contribution in [0.2, 0.25) is 0 Å². The molecule has 1 aliphatic heterocycles. The maximum atomic E-state index is 5.48. The van der Waals surface area contributed by atoms with Crippen LogP contribution in [0.1, 0.15) is 25.7 Å². The number of hydrogen-bond acceptors (Lipinski definition) is 3. The Kier molecular flexibility index (Phi) is 4.60. The van der Waals surface area contributed by atoms with Gasteiger partial charge in [-0.2, -0.15) is 0 Å². The van der Waals surface area contributed by atoms with Gasteiger partial charge < -0.3 is 10.1 Å². The van der Waals surface area contributed by atoms with E-state index in [4.69, 9.17) is 4.74 Å². The lowest BCUT2D eigenvalue weighted by Crippen LogP contribution is -2.47. The Balaban J connectivity index is 1.96. The summed E-state index contributed by atoms with van der Waals surface area (Å²) in [4.78, 5) is 2.61. The molecule has 1 aliphatic carbocycles. The first-order valence-corrected chi connectivity index (χ1v) is 6.84. The Hall–Kier alpha value is -0.380. The van der Waals surface area contributed by atoms with Crippen molar-refractivity contribution in [3.05, 3.63) is 12.7 Å². The second kappa shape index (κ2) is 5.98. The summed E-state index contributed by atoms with van der Waals surface area (Å²) in [6, 6.07) is 0.816. The molecule has 0 bridgehead atoms. The van der Waals surface area contributed by atoms with Gasteiger partial charge in [0.1, 0.15) is 0 Å². The summed E-state index contributed by atoms with van der Waals surface area (Å²) in [6.07, 6.45) is 7.26. The summed E-state index contributed by atoms with van der Waals surface area (Å²) in [5, 5.41) is 3.45. The standard InChI is InChI=1S/C14H26N2O/c1-3-10-16(13-4-5-13)11-14(12-17-2)6-8-15-9-7-14/h3,13,15H,1,4-12H2,2H3. The lowest BCUT2D eigenvalue weighted by atomic mass is 9.79. The van der Waals surface area contributed by atoms with Crippen molar-refractivity contribution in [3.8, 4) is 0 Å². The van der Waals surface area contributed by atoms with Gasteiger partial charge in [-0.15, -0.1) is 6.58 Å². The quantitative estimate of drug-likeness (QED) is 0.683. The van der Waals surface area contributed by atoms with Gasteiger partial charge in [0.25, 0.3) is 0 Å². The highest BCUT2D eigenvalue weighted by molar-refractivity contribution is 4.94. The molecule has 2 fully saturated rings. The molecule has 1 saturated heterocycles. The van der Waals surface area contributed by atoms with E-state index in [1.807, 2.05) is 13.2 Å². The fourth-order valence-electron chi connectivity index (χ4n) is 2.99. The van der Waals surface area contributed by atoms with Crippen LogP contribution < -0.4 is 5.32 Å². The molecule has 2 aliphatic rings. The fraction of sp³-hybridized carbons (Fsp3) is 0.857. The molecule has 0 unspecified atom stereocenters. The van der Waals surface area contributed by atoms with Gasteiger partial charge >= 0.3 is 0 Å². The van der Waals surface area contributed by atoms with Crippen molar-refractivity contribution >= 4 is 0 Å². The van der Waals surface area contributed by atoms with Gasteiger partial charge in [0.15, 0.2) is 0 Å². The number of methoxy groups -OCH3 is 1. The Labute approximate surface area is 105 Å². The van der Waals surface area contributed by atoms with Crippen molar-refractivity contribution < 1.29 is 4.74 Å². The zero-order valence-electron chi connectivity index (χ0n) is 11.1. The molecule has 0 aromatic carbocycles. The third kappa shape index (κ3) is 3.54. The van der Waals surface area contributed by atoms with Crippen molar-refractivity contribution in [2.45, 2.75) is 31.7 Å². The second-order valence-corrected chi connectivity index (χ2v) is 5.63. The molecule has 0 aromatic heterocycles. The van der Waals surface area contributed by atoms with Gasteiger partial charge in [-0.05, 0) is 38.8 Å². The van der Waals surface area contributed by atoms with Crippen molar-refractivity contribution in [2.75, 3.05) is 39.9 Å². The van der Waals surface area contributed by atoms with Crippen molar-refractivity contribution in [1.82, 2.24) is 10.2 Å². The lowest BCUT2D eigenvalue weighted by Gasteiger charge is -2.41. The first-order chi connectivity index (χ1) is 8.29. The minimum absolute atomic E-state index is 0.367. The van der Waals surface area contributed by atoms with Crippen molar-refractivity contribution in [1.29, 1.82) is 0 Å². The Bertz CT molecular complexity index is 239. The number of piperidine rings is 1. The topological polar surface area (TPSA) is 24.5 Å². The number of nitrogens with zero attached hydrogens (tertiary/aromatic N) is 1. The van der Waals surface area contributed by atoms with Gasteiger partial charge in [0.2, 0.25) is 0 Å². The highest BCUT2D eigenvalue weighted by Gasteiger charge is 2.38. The highest BCUT2D eigenvalue weighted by atomic mass is 16.5. The maximum absolute atomic E-state index is 5.48. The van der Waals surface area contributed by atoms with Crippen molar-refractivity contribution in [2.24, 2.45) is 5.41 Å². The second-order valence-electron chi connectivity index (χ2n) is 5.63. The molecule has 0 spiro atoms. The SMILES string of the molecule is C=CCN(CC1(COC)CCNCC1)C1CC1. The summed E-state index contributed by atoms with van der Waals surface area (Å²) >= 11 is 0. The van der Waals surface area contributed by atoms with Crippen LogP contribution >= 0.6 is 0 Å². The van der Waals surface area contributed by atoms with E-state index in [0.29, 0.717) is 5.41 Å². The Morgan fingerprint density at radius 2 is 2.12 bits per heavy atom. The molecule has 3 heteroatoms.